The fourth-order valence-electron chi connectivity index (χ4n) is 6.88. The molecule has 43 heavy (non-hydrogen) atoms. The lowest BCUT2D eigenvalue weighted by Crippen LogP contribution is -2.42. The Balaban J connectivity index is 1.33. The van der Waals surface area contributed by atoms with E-state index in [-0.39, 0.29) is 30.1 Å². The molecule has 0 aliphatic heterocycles. The molecule has 2 heterocycles. The van der Waals surface area contributed by atoms with Crippen molar-refractivity contribution in [1.29, 1.82) is 0 Å². The summed E-state index contributed by atoms with van der Waals surface area (Å²) in [4.78, 5) is 36.7. The second-order valence-corrected chi connectivity index (χ2v) is 12.8. The highest BCUT2D eigenvalue weighted by molar-refractivity contribution is 5.94. The van der Waals surface area contributed by atoms with Crippen LogP contribution < -0.4 is 9.64 Å². The standard InChI is InChI=1S/C35H45N3O5/c1-22(2)34-37-30(21-43-34)29-15-16-36-32(19-29)38(35(41)27-11-5-24(6-12-27)18-33(39)40)20-25-7-9-26(10-8-25)28-13-14-31(42-4)23(3)17-28/h13-17,19,21-22,24-27H,5-12,18,20H2,1-4H3,(H,39,40). The average molecular weight is 588 g/mol. The minimum Gasteiger partial charge on any atom is -0.496 e. The molecule has 2 aliphatic carbocycles. The Labute approximate surface area is 254 Å². The van der Waals surface area contributed by atoms with Crippen molar-refractivity contribution < 1.29 is 23.8 Å². The molecule has 0 unspecified atom stereocenters. The van der Waals surface area contributed by atoms with E-state index in [9.17, 15) is 14.7 Å². The Morgan fingerprint density at radius 1 is 1.02 bits per heavy atom. The summed E-state index contributed by atoms with van der Waals surface area (Å²) in [6.07, 6.45) is 10.9. The van der Waals surface area contributed by atoms with E-state index in [1.54, 1.807) is 19.6 Å². The number of anilines is 1. The molecule has 0 bridgehead atoms. The number of carbonyl (C=O) groups excluding carboxylic acids is 1. The summed E-state index contributed by atoms with van der Waals surface area (Å²) < 4.78 is 11.1. The third-order valence-corrected chi connectivity index (χ3v) is 9.44. The molecule has 2 fully saturated rings. The first-order chi connectivity index (χ1) is 20.7. The molecule has 0 saturated heterocycles. The van der Waals surface area contributed by atoms with Gasteiger partial charge in [-0.1, -0.05) is 26.0 Å². The van der Waals surface area contributed by atoms with Gasteiger partial charge in [0.15, 0.2) is 5.89 Å². The van der Waals surface area contributed by atoms with Gasteiger partial charge in [-0.25, -0.2) is 9.97 Å². The van der Waals surface area contributed by atoms with Gasteiger partial charge in [-0.3, -0.25) is 14.5 Å². The Kier molecular flexibility index (Phi) is 9.83. The fourth-order valence-corrected chi connectivity index (χ4v) is 6.88. The van der Waals surface area contributed by atoms with E-state index < -0.39 is 5.97 Å². The molecule has 8 nitrogen and oxygen atoms in total. The normalized spacial score (nSPS) is 22.3. The number of oxazole rings is 1. The molecule has 8 heteroatoms. The number of aliphatic carboxylic acids is 1. The number of hydrogen-bond donors (Lipinski definition) is 1. The smallest absolute Gasteiger partial charge is 0.303 e. The van der Waals surface area contributed by atoms with Crippen LogP contribution >= 0.6 is 0 Å². The second kappa shape index (κ2) is 13.7. The molecule has 230 valence electrons. The fraction of sp³-hybridized carbons (Fsp3) is 0.543. The van der Waals surface area contributed by atoms with Gasteiger partial charge in [-0.15, -0.1) is 0 Å². The van der Waals surface area contributed by atoms with Crippen molar-refractivity contribution >= 4 is 17.7 Å². The van der Waals surface area contributed by atoms with Crippen LogP contribution in [0.4, 0.5) is 5.82 Å². The lowest BCUT2D eigenvalue weighted by molar-refractivity contribution is -0.138. The molecule has 2 aromatic heterocycles. The number of ether oxygens (including phenoxy) is 1. The van der Waals surface area contributed by atoms with E-state index in [2.05, 4.69) is 35.1 Å². The third kappa shape index (κ3) is 7.46. The quantitative estimate of drug-likeness (QED) is 0.258. The molecule has 0 radical (unpaired) electrons. The number of aromatic nitrogens is 2. The molecule has 1 amide bonds. The summed E-state index contributed by atoms with van der Waals surface area (Å²) in [6, 6.07) is 10.4. The SMILES string of the molecule is COc1ccc(C2CCC(CN(C(=O)C3CCC(CC(=O)O)CC3)c3cc(-c4coc(C(C)C)n4)ccn3)CC2)cc1C. The van der Waals surface area contributed by atoms with Gasteiger partial charge in [0, 0.05) is 36.6 Å². The van der Waals surface area contributed by atoms with E-state index in [1.807, 2.05) is 30.9 Å². The molecule has 1 aromatic carbocycles. The van der Waals surface area contributed by atoms with Crippen LogP contribution in [0.25, 0.3) is 11.3 Å². The predicted octanol–water partition coefficient (Wildman–Crippen LogP) is 7.77. The number of amides is 1. The van der Waals surface area contributed by atoms with Gasteiger partial charge in [-0.05, 0) is 105 Å². The highest BCUT2D eigenvalue weighted by Gasteiger charge is 2.34. The summed E-state index contributed by atoms with van der Waals surface area (Å²) in [5.74, 6) is 2.71. The van der Waals surface area contributed by atoms with Gasteiger partial charge in [0.05, 0.1) is 7.11 Å². The third-order valence-electron chi connectivity index (χ3n) is 9.44. The maximum atomic E-state index is 14.1. The number of carboxylic acids is 1. The average Bonchev–Trinajstić information content (AvgIpc) is 3.51. The summed E-state index contributed by atoms with van der Waals surface area (Å²) in [7, 11) is 1.71. The topological polar surface area (TPSA) is 106 Å². The minimum atomic E-state index is -0.758. The molecule has 2 saturated carbocycles. The summed E-state index contributed by atoms with van der Waals surface area (Å²) in [6.45, 7) is 6.82. The Hall–Kier alpha value is -3.68. The van der Waals surface area contributed by atoms with Gasteiger partial charge in [0.1, 0.15) is 23.5 Å². The Morgan fingerprint density at radius 3 is 2.37 bits per heavy atom. The number of benzene rings is 1. The monoisotopic (exact) mass is 587 g/mol. The number of methoxy groups -OCH3 is 1. The Bertz CT molecular complexity index is 1400. The van der Waals surface area contributed by atoms with E-state index in [4.69, 9.17) is 9.15 Å². The van der Waals surface area contributed by atoms with Crippen LogP contribution in [0.5, 0.6) is 5.75 Å². The first-order valence-corrected chi connectivity index (χ1v) is 15.8. The van der Waals surface area contributed by atoms with Crippen LogP contribution in [0.1, 0.15) is 100 Å². The van der Waals surface area contributed by atoms with Crippen LogP contribution in [0.3, 0.4) is 0 Å². The van der Waals surface area contributed by atoms with Crippen molar-refractivity contribution in [3.8, 4) is 17.0 Å². The zero-order valence-electron chi connectivity index (χ0n) is 25.9. The molecule has 1 N–H and O–H groups in total. The van der Waals surface area contributed by atoms with Crippen molar-refractivity contribution in [2.24, 2.45) is 17.8 Å². The zero-order valence-corrected chi connectivity index (χ0v) is 25.9. The van der Waals surface area contributed by atoms with Gasteiger partial charge in [-0.2, -0.15) is 0 Å². The van der Waals surface area contributed by atoms with Crippen LogP contribution in [-0.2, 0) is 9.59 Å². The van der Waals surface area contributed by atoms with Gasteiger partial charge >= 0.3 is 5.97 Å². The summed E-state index contributed by atoms with van der Waals surface area (Å²) in [5.41, 5.74) is 4.15. The van der Waals surface area contributed by atoms with Gasteiger partial charge < -0.3 is 14.3 Å². The largest absolute Gasteiger partial charge is 0.496 e. The maximum Gasteiger partial charge on any atom is 0.303 e. The number of carbonyl (C=O) groups is 2. The highest BCUT2D eigenvalue weighted by Crippen LogP contribution is 2.39. The predicted molar refractivity (Wildman–Crippen MR) is 166 cm³/mol. The molecule has 2 aliphatic rings. The number of pyridine rings is 1. The van der Waals surface area contributed by atoms with Crippen molar-refractivity contribution in [3.63, 3.8) is 0 Å². The van der Waals surface area contributed by atoms with Crippen LogP contribution in [0, 0.1) is 24.7 Å². The molecular weight excluding hydrogens is 542 g/mol. The van der Waals surface area contributed by atoms with E-state index in [1.165, 1.54) is 5.56 Å². The lowest BCUT2D eigenvalue weighted by atomic mass is 9.77. The van der Waals surface area contributed by atoms with Crippen LogP contribution in [0.15, 0.2) is 47.2 Å². The van der Waals surface area contributed by atoms with Gasteiger partial charge in [0.25, 0.3) is 0 Å². The van der Waals surface area contributed by atoms with E-state index >= 15 is 0 Å². The van der Waals surface area contributed by atoms with Crippen LogP contribution in [0.2, 0.25) is 0 Å². The van der Waals surface area contributed by atoms with Crippen molar-refractivity contribution in [2.75, 3.05) is 18.6 Å². The van der Waals surface area contributed by atoms with Crippen LogP contribution in [-0.4, -0.2) is 40.6 Å². The van der Waals surface area contributed by atoms with E-state index in [0.29, 0.717) is 30.1 Å². The number of carboxylic acid groups (broad SMARTS) is 1. The zero-order chi connectivity index (χ0) is 30.5. The highest BCUT2D eigenvalue weighted by atomic mass is 16.5. The van der Waals surface area contributed by atoms with Crippen molar-refractivity contribution in [2.45, 2.75) is 90.4 Å². The summed E-state index contributed by atoms with van der Waals surface area (Å²) in [5, 5.41) is 9.24. The maximum absolute atomic E-state index is 14.1. The first kappa shape index (κ1) is 30.8. The van der Waals surface area contributed by atoms with Gasteiger partial charge in [0.2, 0.25) is 5.91 Å². The van der Waals surface area contributed by atoms with Crippen molar-refractivity contribution in [3.05, 3.63) is 59.8 Å². The molecule has 5 rings (SSSR count). The molecular formula is C35H45N3O5. The molecule has 3 aromatic rings. The minimum absolute atomic E-state index is 0.106. The first-order valence-electron chi connectivity index (χ1n) is 15.8. The molecule has 0 atom stereocenters. The summed E-state index contributed by atoms with van der Waals surface area (Å²) >= 11 is 0. The van der Waals surface area contributed by atoms with E-state index in [0.717, 1.165) is 73.9 Å². The number of nitrogens with zero attached hydrogens (tertiary/aromatic N) is 3. The van der Waals surface area contributed by atoms with Crippen molar-refractivity contribution in [1.82, 2.24) is 9.97 Å². The number of hydrogen-bond acceptors (Lipinski definition) is 6. The Morgan fingerprint density at radius 2 is 1.74 bits per heavy atom. The lowest BCUT2D eigenvalue weighted by Gasteiger charge is -2.35. The number of aryl methyl sites for hydroxylation is 1. The number of rotatable bonds is 10. The molecule has 0 spiro atoms. The second-order valence-electron chi connectivity index (χ2n) is 12.8.